The fourth-order valence-corrected chi connectivity index (χ4v) is 5.44. The van der Waals surface area contributed by atoms with Crippen LogP contribution in [-0.2, 0) is 26.0 Å². The zero-order valence-corrected chi connectivity index (χ0v) is 16.7. The predicted octanol–water partition coefficient (Wildman–Crippen LogP) is 2.72. The molecule has 1 saturated heterocycles. The number of nitrogens with zero attached hydrogens (tertiary/aromatic N) is 1. The van der Waals surface area contributed by atoms with E-state index in [0.717, 1.165) is 30.4 Å². The van der Waals surface area contributed by atoms with Crippen molar-refractivity contribution in [3.63, 3.8) is 0 Å². The molecular formula is C21H24N2O4S. The third-order valence-corrected chi connectivity index (χ3v) is 7.14. The lowest BCUT2D eigenvalue weighted by molar-refractivity contribution is -0.120. The monoisotopic (exact) mass is 400 g/mol. The zero-order valence-electron chi connectivity index (χ0n) is 15.8. The molecule has 2 aliphatic rings. The number of ether oxygens (including phenoxy) is 1. The van der Waals surface area contributed by atoms with Crippen LogP contribution < -0.4 is 9.62 Å². The maximum absolute atomic E-state index is 13.2. The molecule has 28 heavy (non-hydrogen) atoms. The first kappa shape index (κ1) is 19.0. The summed E-state index contributed by atoms with van der Waals surface area (Å²) in [6.45, 7) is 2.93. The highest BCUT2D eigenvalue weighted by Gasteiger charge is 2.36. The fourth-order valence-electron chi connectivity index (χ4n) is 3.79. The molecule has 0 bridgehead atoms. The Morgan fingerprint density at radius 3 is 2.79 bits per heavy atom. The maximum atomic E-state index is 13.2. The Hall–Kier alpha value is -2.38. The van der Waals surface area contributed by atoms with Crippen LogP contribution in [-0.4, -0.2) is 40.1 Å². The number of hydrogen-bond acceptors (Lipinski definition) is 4. The minimum atomic E-state index is -3.81. The molecule has 0 spiro atoms. The molecule has 1 unspecified atom stereocenters. The van der Waals surface area contributed by atoms with Crippen LogP contribution in [0.15, 0.2) is 47.4 Å². The second-order valence-corrected chi connectivity index (χ2v) is 8.98. The third-order valence-electron chi connectivity index (χ3n) is 5.32. The van der Waals surface area contributed by atoms with Gasteiger partial charge < -0.3 is 10.1 Å². The zero-order chi connectivity index (χ0) is 19.7. The lowest BCUT2D eigenvalue weighted by Gasteiger charge is -2.32. The summed E-state index contributed by atoms with van der Waals surface area (Å²) in [7, 11) is -3.81. The Morgan fingerprint density at radius 2 is 2.04 bits per heavy atom. The van der Waals surface area contributed by atoms with Crippen LogP contribution in [0.5, 0.6) is 0 Å². The third kappa shape index (κ3) is 3.40. The van der Waals surface area contributed by atoms with E-state index in [2.05, 4.69) is 12.2 Å². The Kier molecular flexibility index (Phi) is 5.12. The van der Waals surface area contributed by atoms with E-state index in [9.17, 15) is 13.2 Å². The Bertz CT molecular complexity index is 997. The van der Waals surface area contributed by atoms with Crippen molar-refractivity contribution >= 4 is 21.6 Å². The average molecular weight is 401 g/mol. The number of nitrogens with one attached hydrogen (secondary N) is 1. The minimum Gasteiger partial charge on any atom is -0.376 e. The van der Waals surface area contributed by atoms with Gasteiger partial charge in [-0.2, -0.15) is 0 Å². The number of amides is 1. The Balaban J connectivity index is 1.66. The predicted molar refractivity (Wildman–Crippen MR) is 108 cm³/mol. The summed E-state index contributed by atoms with van der Waals surface area (Å²) in [6.07, 6.45) is 2.77. The van der Waals surface area contributed by atoms with E-state index in [-0.39, 0.29) is 23.5 Å². The molecule has 2 aromatic rings. The van der Waals surface area contributed by atoms with Gasteiger partial charge in [-0.25, -0.2) is 8.42 Å². The van der Waals surface area contributed by atoms with Crippen molar-refractivity contribution < 1.29 is 17.9 Å². The smallest absolute Gasteiger partial charge is 0.265 e. The maximum Gasteiger partial charge on any atom is 0.265 e. The van der Waals surface area contributed by atoms with E-state index < -0.39 is 10.0 Å². The number of carbonyl (C=O) groups excluding carboxylic acids is 1. The molecule has 1 N–H and O–H groups in total. The van der Waals surface area contributed by atoms with Gasteiger partial charge in [-0.3, -0.25) is 9.10 Å². The molecule has 2 aliphatic heterocycles. The molecule has 148 valence electrons. The largest absolute Gasteiger partial charge is 0.376 e. The first-order chi connectivity index (χ1) is 13.5. The van der Waals surface area contributed by atoms with Gasteiger partial charge in [0, 0.05) is 24.3 Å². The topological polar surface area (TPSA) is 75.7 Å². The van der Waals surface area contributed by atoms with Gasteiger partial charge in [-0.1, -0.05) is 31.2 Å². The molecule has 0 saturated carbocycles. The molecule has 0 aliphatic carbocycles. The summed E-state index contributed by atoms with van der Waals surface area (Å²) in [5, 5.41) is 2.82. The summed E-state index contributed by atoms with van der Waals surface area (Å²) in [4.78, 5) is 12.8. The fraction of sp³-hybridized carbons (Fsp3) is 0.381. The number of rotatable bonds is 5. The summed E-state index contributed by atoms with van der Waals surface area (Å²) in [5.74, 6) is -0.330. The molecule has 4 rings (SSSR count). The SMILES string of the molecule is CCc1ccc2c(c1)-c1ccccc1S(=O)(=O)N2CC(=O)NCC1CCCO1. The molecule has 1 amide bonds. The number of anilines is 1. The van der Waals surface area contributed by atoms with Crippen LogP contribution in [0.2, 0.25) is 0 Å². The van der Waals surface area contributed by atoms with Gasteiger partial charge in [-0.05, 0) is 43.0 Å². The van der Waals surface area contributed by atoms with Crippen LogP contribution in [0, 0.1) is 0 Å². The number of hydrogen-bond donors (Lipinski definition) is 1. The Morgan fingerprint density at radius 1 is 1.21 bits per heavy atom. The van der Waals surface area contributed by atoms with Crippen LogP contribution >= 0.6 is 0 Å². The highest BCUT2D eigenvalue weighted by atomic mass is 32.2. The van der Waals surface area contributed by atoms with Gasteiger partial charge in [-0.15, -0.1) is 0 Å². The normalized spacial score (nSPS) is 19.8. The molecular weight excluding hydrogens is 376 g/mol. The highest BCUT2D eigenvalue weighted by Crippen LogP contribution is 2.43. The number of fused-ring (bicyclic) bond motifs is 3. The van der Waals surface area contributed by atoms with Crippen molar-refractivity contribution in [1.29, 1.82) is 0 Å². The van der Waals surface area contributed by atoms with Crippen LogP contribution in [0.1, 0.15) is 25.3 Å². The summed E-state index contributed by atoms with van der Waals surface area (Å²) < 4.78 is 33.2. The first-order valence-corrected chi connectivity index (χ1v) is 11.1. The first-order valence-electron chi connectivity index (χ1n) is 9.64. The van der Waals surface area contributed by atoms with E-state index >= 15 is 0 Å². The van der Waals surface area contributed by atoms with Gasteiger partial charge in [0.1, 0.15) is 6.54 Å². The highest BCUT2D eigenvalue weighted by molar-refractivity contribution is 7.93. The van der Waals surface area contributed by atoms with Crippen molar-refractivity contribution in [1.82, 2.24) is 5.32 Å². The lowest BCUT2D eigenvalue weighted by Crippen LogP contribution is -2.44. The summed E-state index contributed by atoms with van der Waals surface area (Å²) in [6, 6.07) is 12.7. The van der Waals surface area contributed by atoms with Crippen molar-refractivity contribution in [2.75, 3.05) is 24.0 Å². The molecule has 0 radical (unpaired) electrons. The second-order valence-electron chi connectivity index (χ2n) is 7.15. The van der Waals surface area contributed by atoms with Gasteiger partial charge in [0.25, 0.3) is 10.0 Å². The van der Waals surface area contributed by atoms with Crippen molar-refractivity contribution in [2.45, 2.75) is 37.2 Å². The van der Waals surface area contributed by atoms with Crippen LogP contribution in [0.3, 0.4) is 0 Å². The van der Waals surface area contributed by atoms with Crippen molar-refractivity contribution in [3.8, 4) is 11.1 Å². The lowest BCUT2D eigenvalue weighted by atomic mass is 9.99. The molecule has 2 heterocycles. The van der Waals surface area contributed by atoms with Gasteiger partial charge in [0.15, 0.2) is 0 Å². The quantitative estimate of drug-likeness (QED) is 0.837. The number of carbonyl (C=O) groups is 1. The van der Waals surface area contributed by atoms with E-state index in [1.54, 1.807) is 18.2 Å². The minimum absolute atomic E-state index is 0.0158. The molecule has 0 aromatic heterocycles. The van der Waals surface area contributed by atoms with Crippen LogP contribution in [0.4, 0.5) is 5.69 Å². The van der Waals surface area contributed by atoms with Crippen molar-refractivity contribution in [2.24, 2.45) is 0 Å². The molecule has 6 nitrogen and oxygen atoms in total. The van der Waals surface area contributed by atoms with Gasteiger partial charge in [0.05, 0.1) is 16.7 Å². The Labute approximate surface area is 165 Å². The second kappa shape index (κ2) is 7.56. The van der Waals surface area contributed by atoms with Gasteiger partial charge >= 0.3 is 0 Å². The van der Waals surface area contributed by atoms with E-state index in [1.807, 2.05) is 24.3 Å². The molecule has 2 aromatic carbocycles. The van der Waals surface area contributed by atoms with Gasteiger partial charge in [0.2, 0.25) is 5.91 Å². The average Bonchev–Trinajstić information content (AvgIpc) is 3.23. The van der Waals surface area contributed by atoms with Crippen molar-refractivity contribution in [3.05, 3.63) is 48.0 Å². The molecule has 1 fully saturated rings. The van der Waals surface area contributed by atoms with Crippen LogP contribution in [0.25, 0.3) is 11.1 Å². The number of sulfonamides is 1. The van der Waals surface area contributed by atoms with E-state index in [0.29, 0.717) is 24.4 Å². The summed E-state index contributed by atoms with van der Waals surface area (Å²) >= 11 is 0. The van der Waals surface area contributed by atoms with E-state index in [4.69, 9.17) is 4.74 Å². The number of benzene rings is 2. The summed E-state index contributed by atoms with van der Waals surface area (Å²) in [5.41, 5.74) is 3.19. The standard InChI is InChI=1S/C21H24N2O4S/c1-2-15-9-10-19-18(12-15)17-7-3-4-8-20(17)28(25,26)23(19)14-21(24)22-13-16-6-5-11-27-16/h3-4,7-10,12,16H,2,5-6,11,13-14H2,1H3,(H,22,24). The molecule has 7 heteroatoms. The number of aryl methyl sites for hydroxylation is 1. The molecule has 1 atom stereocenters. The van der Waals surface area contributed by atoms with E-state index in [1.165, 1.54) is 4.31 Å².